The van der Waals surface area contributed by atoms with E-state index in [-0.39, 0.29) is 0 Å². The molecule has 0 fully saturated rings. The third-order valence-corrected chi connectivity index (χ3v) is 2.31. The van der Waals surface area contributed by atoms with E-state index in [0.717, 1.165) is 23.8 Å². The Kier molecular flexibility index (Phi) is 4.82. The van der Waals surface area contributed by atoms with Crippen LogP contribution in [0.15, 0.2) is 0 Å². The second-order valence-corrected chi connectivity index (χ2v) is 4.24. The predicted octanol–water partition coefficient (Wildman–Crippen LogP) is 2.14. The standard InChI is InChI=1S/C9H17N3OS/c1-4-10-9-8(11-12-14-9)6-13-5-7(2)3/h7,10H,4-6H2,1-3H3. The van der Waals surface area contributed by atoms with Gasteiger partial charge in [0.1, 0.15) is 10.7 Å². The van der Waals surface area contributed by atoms with Crippen molar-refractivity contribution in [3.63, 3.8) is 0 Å². The summed E-state index contributed by atoms with van der Waals surface area (Å²) in [6.07, 6.45) is 0. The van der Waals surface area contributed by atoms with Gasteiger partial charge in [-0.2, -0.15) is 0 Å². The minimum Gasteiger partial charge on any atom is -0.375 e. The molecular formula is C9H17N3OS. The average molecular weight is 215 g/mol. The van der Waals surface area contributed by atoms with Crippen molar-refractivity contribution in [2.24, 2.45) is 5.92 Å². The molecule has 1 N–H and O–H groups in total. The third-order valence-electron chi connectivity index (χ3n) is 1.58. The minimum absolute atomic E-state index is 0.553. The lowest BCUT2D eigenvalue weighted by atomic mass is 10.2. The van der Waals surface area contributed by atoms with E-state index in [4.69, 9.17) is 4.74 Å². The second kappa shape index (κ2) is 5.93. The Hall–Kier alpha value is -0.680. The first-order valence-corrected chi connectivity index (χ1v) is 5.64. The van der Waals surface area contributed by atoms with Crippen LogP contribution in [0.25, 0.3) is 0 Å². The Balaban J connectivity index is 2.37. The summed E-state index contributed by atoms with van der Waals surface area (Å²) in [4.78, 5) is 0. The molecular weight excluding hydrogens is 198 g/mol. The molecule has 0 radical (unpaired) electrons. The molecule has 0 aromatic carbocycles. The number of nitrogens with zero attached hydrogens (tertiary/aromatic N) is 2. The van der Waals surface area contributed by atoms with Crippen LogP contribution in [0.3, 0.4) is 0 Å². The zero-order valence-electron chi connectivity index (χ0n) is 8.91. The van der Waals surface area contributed by atoms with E-state index in [1.807, 2.05) is 0 Å². The Bertz CT molecular complexity index is 262. The van der Waals surface area contributed by atoms with Crippen LogP contribution in [0.2, 0.25) is 0 Å². The van der Waals surface area contributed by atoms with Gasteiger partial charge in [0.25, 0.3) is 0 Å². The first-order valence-electron chi connectivity index (χ1n) is 4.86. The maximum Gasteiger partial charge on any atom is 0.135 e. The Morgan fingerprint density at radius 2 is 2.29 bits per heavy atom. The van der Waals surface area contributed by atoms with Crippen LogP contribution in [-0.4, -0.2) is 22.7 Å². The van der Waals surface area contributed by atoms with Crippen LogP contribution in [0.4, 0.5) is 5.00 Å². The fourth-order valence-electron chi connectivity index (χ4n) is 0.989. The van der Waals surface area contributed by atoms with E-state index in [2.05, 4.69) is 35.7 Å². The molecule has 1 rings (SSSR count). The normalized spacial score (nSPS) is 10.9. The van der Waals surface area contributed by atoms with Gasteiger partial charge in [-0.05, 0) is 12.8 Å². The molecule has 4 nitrogen and oxygen atoms in total. The van der Waals surface area contributed by atoms with E-state index < -0.39 is 0 Å². The molecule has 0 amide bonds. The summed E-state index contributed by atoms with van der Waals surface area (Å²) in [7, 11) is 0. The number of ether oxygens (including phenoxy) is 1. The molecule has 0 spiro atoms. The Morgan fingerprint density at radius 1 is 1.50 bits per heavy atom. The van der Waals surface area contributed by atoms with Crippen molar-refractivity contribution in [3.8, 4) is 0 Å². The lowest BCUT2D eigenvalue weighted by Gasteiger charge is -2.06. The lowest BCUT2D eigenvalue weighted by molar-refractivity contribution is 0.0951. The van der Waals surface area contributed by atoms with Gasteiger partial charge in [-0.1, -0.05) is 18.3 Å². The molecule has 1 heterocycles. The van der Waals surface area contributed by atoms with Crippen LogP contribution in [0.1, 0.15) is 26.5 Å². The van der Waals surface area contributed by atoms with Gasteiger partial charge in [-0.25, -0.2) is 0 Å². The molecule has 14 heavy (non-hydrogen) atoms. The first kappa shape index (κ1) is 11.4. The third kappa shape index (κ3) is 3.59. The highest BCUT2D eigenvalue weighted by Gasteiger charge is 2.06. The SMILES string of the molecule is CCNc1snnc1COCC(C)C. The maximum atomic E-state index is 5.49. The molecule has 0 atom stereocenters. The summed E-state index contributed by atoms with van der Waals surface area (Å²) < 4.78 is 9.38. The maximum absolute atomic E-state index is 5.49. The van der Waals surface area contributed by atoms with Crippen LogP contribution in [0, 0.1) is 5.92 Å². The summed E-state index contributed by atoms with van der Waals surface area (Å²) in [5, 5.41) is 8.24. The summed E-state index contributed by atoms with van der Waals surface area (Å²) in [6, 6.07) is 0. The molecule has 0 aliphatic rings. The van der Waals surface area contributed by atoms with Gasteiger partial charge >= 0.3 is 0 Å². The molecule has 0 unspecified atom stereocenters. The van der Waals surface area contributed by atoms with Crippen LogP contribution in [-0.2, 0) is 11.3 Å². The van der Waals surface area contributed by atoms with Gasteiger partial charge in [0.05, 0.1) is 6.61 Å². The molecule has 0 saturated carbocycles. The molecule has 0 aliphatic carbocycles. The summed E-state index contributed by atoms with van der Waals surface area (Å²) >= 11 is 1.38. The number of anilines is 1. The monoisotopic (exact) mass is 215 g/mol. The fraction of sp³-hybridized carbons (Fsp3) is 0.778. The van der Waals surface area contributed by atoms with Crippen LogP contribution >= 0.6 is 11.5 Å². The van der Waals surface area contributed by atoms with E-state index in [1.54, 1.807) is 0 Å². The van der Waals surface area contributed by atoms with Gasteiger partial charge < -0.3 is 10.1 Å². The average Bonchev–Trinajstić information content (AvgIpc) is 2.53. The Labute approximate surface area is 88.8 Å². The second-order valence-electron chi connectivity index (χ2n) is 3.49. The van der Waals surface area contributed by atoms with Crippen molar-refractivity contribution >= 4 is 16.5 Å². The molecule has 0 saturated heterocycles. The van der Waals surface area contributed by atoms with Gasteiger partial charge in [-0.3, -0.25) is 0 Å². The van der Waals surface area contributed by atoms with Gasteiger partial charge in [0, 0.05) is 24.7 Å². The highest BCUT2D eigenvalue weighted by atomic mass is 32.1. The number of hydrogen-bond acceptors (Lipinski definition) is 5. The van der Waals surface area contributed by atoms with Crippen molar-refractivity contribution in [1.29, 1.82) is 0 Å². The molecule has 5 heteroatoms. The quantitative estimate of drug-likeness (QED) is 0.789. The highest BCUT2D eigenvalue weighted by Crippen LogP contribution is 2.18. The largest absolute Gasteiger partial charge is 0.375 e. The van der Waals surface area contributed by atoms with Gasteiger partial charge in [0.2, 0.25) is 0 Å². The topological polar surface area (TPSA) is 47.0 Å². The van der Waals surface area contributed by atoms with Crippen molar-refractivity contribution < 1.29 is 4.74 Å². The molecule has 0 aliphatic heterocycles. The predicted molar refractivity (Wildman–Crippen MR) is 58.6 cm³/mol. The van der Waals surface area contributed by atoms with Gasteiger partial charge in [-0.15, -0.1) is 5.10 Å². The van der Waals surface area contributed by atoms with Crippen molar-refractivity contribution in [2.45, 2.75) is 27.4 Å². The summed E-state index contributed by atoms with van der Waals surface area (Å²) in [5.41, 5.74) is 0.914. The number of hydrogen-bond donors (Lipinski definition) is 1. The summed E-state index contributed by atoms with van der Waals surface area (Å²) in [6.45, 7) is 8.52. The van der Waals surface area contributed by atoms with E-state index in [1.165, 1.54) is 11.5 Å². The highest BCUT2D eigenvalue weighted by molar-refractivity contribution is 7.10. The van der Waals surface area contributed by atoms with Crippen molar-refractivity contribution in [1.82, 2.24) is 9.59 Å². The zero-order chi connectivity index (χ0) is 10.4. The zero-order valence-corrected chi connectivity index (χ0v) is 9.73. The summed E-state index contributed by atoms with van der Waals surface area (Å²) in [5.74, 6) is 0.559. The molecule has 0 bridgehead atoms. The molecule has 1 aromatic heterocycles. The first-order chi connectivity index (χ1) is 6.74. The minimum atomic E-state index is 0.553. The van der Waals surface area contributed by atoms with Crippen molar-refractivity contribution in [2.75, 3.05) is 18.5 Å². The van der Waals surface area contributed by atoms with Crippen molar-refractivity contribution in [3.05, 3.63) is 5.69 Å². The van der Waals surface area contributed by atoms with Crippen LogP contribution < -0.4 is 5.32 Å². The van der Waals surface area contributed by atoms with Gasteiger partial charge in [0.15, 0.2) is 0 Å². The van der Waals surface area contributed by atoms with E-state index in [9.17, 15) is 0 Å². The number of nitrogens with one attached hydrogen (secondary N) is 1. The molecule has 1 aromatic rings. The molecule has 80 valence electrons. The van der Waals surface area contributed by atoms with E-state index >= 15 is 0 Å². The smallest absolute Gasteiger partial charge is 0.135 e. The fourth-order valence-corrected chi connectivity index (χ4v) is 1.62. The lowest BCUT2D eigenvalue weighted by Crippen LogP contribution is -2.04. The van der Waals surface area contributed by atoms with Crippen LogP contribution in [0.5, 0.6) is 0 Å². The number of rotatable bonds is 6. The van der Waals surface area contributed by atoms with E-state index in [0.29, 0.717) is 12.5 Å². The Morgan fingerprint density at radius 3 is 2.93 bits per heavy atom. The number of aromatic nitrogens is 2.